The van der Waals surface area contributed by atoms with Gasteiger partial charge in [0.2, 0.25) is 5.43 Å². The third-order valence-electron chi connectivity index (χ3n) is 4.07. The summed E-state index contributed by atoms with van der Waals surface area (Å²) in [4.78, 5) is 26.8. The Balaban J connectivity index is 1.99. The average Bonchev–Trinajstić information content (AvgIpc) is 2.57. The van der Waals surface area contributed by atoms with E-state index in [9.17, 15) is 14.0 Å². The summed E-state index contributed by atoms with van der Waals surface area (Å²) in [6.07, 6.45) is 0. The van der Waals surface area contributed by atoms with Crippen LogP contribution in [-0.2, 0) is 13.6 Å². The fourth-order valence-corrected chi connectivity index (χ4v) is 2.79. The molecular weight excluding hydrogens is 321 g/mol. The van der Waals surface area contributed by atoms with Crippen molar-refractivity contribution in [3.63, 3.8) is 0 Å². The largest absolute Gasteiger partial charge is 0.336 e. The molecule has 1 aromatic heterocycles. The van der Waals surface area contributed by atoms with Crippen LogP contribution in [0.5, 0.6) is 0 Å². The van der Waals surface area contributed by atoms with Crippen LogP contribution in [0.3, 0.4) is 0 Å². The van der Waals surface area contributed by atoms with Crippen molar-refractivity contribution in [2.45, 2.75) is 13.5 Å². The number of nitrogens with zero attached hydrogens (tertiary/aromatic N) is 3. The molecule has 0 saturated carbocycles. The number of hydrogen-bond acceptors (Lipinski definition) is 3. The molecular formula is C19H18FN3O2. The minimum atomic E-state index is -0.492. The van der Waals surface area contributed by atoms with Gasteiger partial charge in [0, 0.05) is 20.6 Å². The zero-order valence-corrected chi connectivity index (χ0v) is 14.3. The molecule has 0 N–H and O–H groups in total. The molecule has 0 aliphatic rings. The predicted octanol–water partition coefficient (Wildman–Crippen LogP) is 2.65. The smallest absolute Gasteiger partial charge is 0.278 e. The number of aromatic nitrogens is 2. The van der Waals surface area contributed by atoms with E-state index in [1.165, 1.54) is 21.7 Å². The van der Waals surface area contributed by atoms with Crippen molar-refractivity contribution in [2.75, 3.05) is 7.05 Å². The second-order valence-corrected chi connectivity index (χ2v) is 6.11. The molecule has 0 unspecified atom stereocenters. The summed E-state index contributed by atoms with van der Waals surface area (Å²) in [5.41, 5.74) is 1.71. The Morgan fingerprint density at radius 3 is 2.72 bits per heavy atom. The lowest BCUT2D eigenvalue weighted by Gasteiger charge is -2.17. The van der Waals surface area contributed by atoms with Crippen LogP contribution < -0.4 is 5.43 Å². The highest BCUT2D eigenvalue weighted by Gasteiger charge is 2.20. The molecule has 0 aliphatic carbocycles. The van der Waals surface area contributed by atoms with Crippen LogP contribution >= 0.6 is 0 Å². The summed E-state index contributed by atoms with van der Waals surface area (Å²) in [6, 6.07) is 11.5. The highest BCUT2D eigenvalue weighted by Crippen LogP contribution is 2.13. The van der Waals surface area contributed by atoms with E-state index >= 15 is 0 Å². The first-order chi connectivity index (χ1) is 11.9. The Morgan fingerprint density at radius 2 is 2.00 bits per heavy atom. The minimum absolute atomic E-state index is 0.139. The van der Waals surface area contributed by atoms with Crippen molar-refractivity contribution in [1.82, 2.24) is 14.7 Å². The maximum absolute atomic E-state index is 13.3. The topological polar surface area (TPSA) is 55.2 Å². The van der Waals surface area contributed by atoms with Crippen molar-refractivity contribution < 1.29 is 9.18 Å². The Morgan fingerprint density at radius 1 is 1.24 bits per heavy atom. The van der Waals surface area contributed by atoms with Crippen LogP contribution in [-0.4, -0.2) is 27.6 Å². The first-order valence-corrected chi connectivity index (χ1v) is 7.84. The van der Waals surface area contributed by atoms with Gasteiger partial charge in [0.15, 0.2) is 5.69 Å². The van der Waals surface area contributed by atoms with Gasteiger partial charge >= 0.3 is 0 Å². The van der Waals surface area contributed by atoms with Gasteiger partial charge in [-0.25, -0.2) is 4.39 Å². The Bertz CT molecular complexity index is 1030. The summed E-state index contributed by atoms with van der Waals surface area (Å²) in [5.74, 6) is -0.859. The number of carbonyl (C=O) groups excluding carboxylic acids is 1. The van der Waals surface area contributed by atoms with Crippen LogP contribution in [0.15, 0.2) is 47.3 Å². The van der Waals surface area contributed by atoms with Crippen molar-refractivity contribution in [3.8, 4) is 0 Å². The van der Waals surface area contributed by atoms with Crippen LogP contribution in [0.25, 0.3) is 10.9 Å². The number of carbonyl (C=O) groups is 1. The second kappa shape index (κ2) is 6.47. The fraction of sp³-hybridized carbons (Fsp3) is 0.211. The molecule has 3 aromatic rings. The van der Waals surface area contributed by atoms with Gasteiger partial charge in [-0.3, -0.25) is 14.3 Å². The normalized spacial score (nSPS) is 10.9. The first kappa shape index (κ1) is 16.8. The molecule has 2 aromatic carbocycles. The third kappa shape index (κ3) is 3.28. The fourth-order valence-electron chi connectivity index (χ4n) is 2.79. The Kier molecular flexibility index (Phi) is 4.35. The quantitative estimate of drug-likeness (QED) is 0.737. The molecule has 3 rings (SSSR count). The summed E-state index contributed by atoms with van der Waals surface area (Å²) >= 11 is 0. The monoisotopic (exact) mass is 339 g/mol. The standard InChI is InChI=1S/C19H18FN3O2/c1-12-7-8-16-15(9-12)18(24)17(21-23(16)3)19(25)22(2)11-13-5-4-6-14(20)10-13/h4-10H,11H2,1-3H3. The molecule has 1 amide bonds. The predicted molar refractivity (Wildman–Crippen MR) is 93.9 cm³/mol. The number of benzene rings is 2. The van der Waals surface area contributed by atoms with Gasteiger partial charge in [0.05, 0.1) is 10.9 Å². The van der Waals surface area contributed by atoms with E-state index < -0.39 is 11.3 Å². The van der Waals surface area contributed by atoms with Gasteiger partial charge in [0.25, 0.3) is 5.91 Å². The zero-order chi connectivity index (χ0) is 18.1. The number of hydrogen-bond donors (Lipinski definition) is 0. The van der Waals surface area contributed by atoms with Crippen LogP contribution in [0, 0.1) is 12.7 Å². The number of halogens is 1. The minimum Gasteiger partial charge on any atom is -0.336 e. The Hall–Kier alpha value is -3.02. The lowest BCUT2D eigenvalue weighted by molar-refractivity contribution is 0.0775. The van der Waals surface area contributed by atoms with Crippen molar-refractivity contribution in [2.24, 2.45) is 7.05 Å². The van der Waals surface area contributed by atoms with Crippen LogP contribution in [0.2, 0.25) is 0 Å². The van der Waals surface area contributed by atoms with Crippen molar-refractivity contribution in [1.29, 1.82) is 0 Å². The van der Waals surface area contributed by atoms with E-state index in [2.05, 4.69) is 5.10 Å². The lowest BCUT2D eigenvalue weighted by atomic mass is 10.1. The average molecular weight is 339 g/mol. The highest BCUT2D eigenvalue weighted by molar-refractivity contribution is 5.95. The molecule has 0 saturated heterocycles. The molecule has 0 aliphatic heterocycles. The number of aryl methyl sites for hydroxylation is 2. The molecule has 0 spiro atoms. The van der Waals surface area contributed by atoms with Gasteiger partial charge < -0.3 is 4.90 Å². The van der Waals surface area contributed by atoms with E-state index in [4.69, 9.17) is 0 Å². The summed E-state index contributed by atoms with van der Waals surface area (Å²) in [7, 11) is 3.26. The first-order valence-electron chi connectivity index (χ1n) is 7.84. The summed E-state index contributed by atoms with van der Waals surface area (Å²) in [6.45, 7) is 2.07. The van der Waals surface area contributed by atoms with Crippen molar-refractivity contribution in [3.05, 3.63) is 75.3 Å². The Labute approximate surface area is 144 Å². The maximum Gasteiger partial charge on any atom is 0.278 e. The molecule has 0 fully saturated rings. The molecule has 25 heavy (non-hydrogen) atoms. The van der Waals surface area contributed by atoms with E-state index in [1.54, 1.807) is 32.3 Å². The summed E-state index contributed by atoms with van der Waals surface area (Å²) in [5, 5.41) is 4.61. The van der Waals surface area contributed by atoms with Gasteiger partial charge in [-0.1, -0.05) is 23.8 Å². The molecule has 0 atom stereocenters. The molecule has 5 nitrogen and oxygen atoms in total. The second-order valence-electron chi connectivity index (χ2n) is 6.11. The van der Waals surface area contributed by atoms with Crippen LogP contribution in [0.1, 0.15) is 21.6 Å². The van der Waals surface area contributed by atoms with E-state index in [1.807, 2.05) is 19.1 Å². The van der Waals surface area contributed by atoms with Crippen LogP contribution in [0.4, 0.5) is 4.39 Å². The molecule has 1 heterocycles. The summed E-state index contributed by atoms with van der Waals surface area (Å²) < 4.78 is 14.8. The highest BCUT2D eigenvalue weighted by atomic mass is 19.1. The van der Waals surface area contributed by atoms with E-state index in [-0.39, 0.29) is 18.1 Å². The number of rotatable bonds is 3. The SMILES string of the molecule is Cc1ccc2c(c1)c(=O)c(C(=O)N(C)Cc1cccc(F)c1)nn2C. The molecule has 128 valence electrons. The zero-order valence-electron chi connectivity index (χ0n) is 14.3. The van der Waals surface area contributed by atoms with E-state index in [0.717, 1.165) is 5.56 Å². The van der Waals surface area contributed by atoms with E-state index in [0.29, 0.717) is 16.5 Å². The lowest BCUT2D eigenvalue weighted by Crippen LogP contribution is -2.33. The van der Waals surface area contributed by atoms with Gasteiger partial charge in [-0.15, -0.1) is 0 Å². The molecule has 0 radical (unpaired) electrons. The molecule has 6 heteroatoms. The number of fused-ring (bicyclic) bond motifs is 1. The van der Waals surface area contributed by atoms with Gasteiger partial charge in [-0.2, -0.15) is 5.10 Å². The van der Waals surface area contributed by atoms with Gasteiger partial charge in [0.1, 0.15) is 5.82 Å². The van der Waals surface area contributed by atoms with Gasteiger partial charge in [-0.05, 0) is 36.8 Å². The maximum atomic E-state index is 13.3. The number of amides is 1. The third-order valence-corrected chi connectivity index (χ3v) is 4.07. The molecule has 0 bridgehead atoms. The van der Waals surface area contributed by atoms with Crippen molar-refractivity contribution >= 4 is 16.8 Å².